The normalized spacial score (nSPS) is 34.1. The molecule has 1 saturated carbocycles. The monoisotopic (exact) mass is 289 g/mol. The Balaban J connectivity index is 1.65. The number of carbonyl (C=O) groups excluding carboxylic acids is 1. The van der Waals surface area contributed by atoms with E-state index in [1.54, 1.807) is 0 Å². The fourth-order valence-corrected chi connectivity index (χ4v) is 4.84. The summed E-state index contributed by atoms with van der Waals surface area (Å²) in [6.45, 7) is 0.658. The second kappa shape index (κ2) is 6.22. The third-order valence-corrected chi connectivity index (χ3v) is 6.04. The minimum Gasteiger partial charge on any atom is -0.393 e. The van der Waals surface area contributed by atoms with E-state index in [2.05, 4.69) is 5.32 Å². The Morgan fingerprint density at radius 2 is 1.79 bits per heavy atom. The van der Waals surface area contributed by atoms with Crippen molar-refractivity contribution in [2.75, 3.05) is 18.1 Å². The quantitative estimate of drug-likeness (QED) is 0.788. The number of hydrogen-bond donors (Lipinski definition) is 2. The van der Waals surface area contributed by atoms with Crippen LogP contribution in [0.4, 0.5) is 0 Å². The standard InChI is InChI=1S/C13H23NO4S/c15-12-3-1-10(2-4-12)8-14-13(16)7-11-5-6-19(17,18)9-11/h10-12,15H,1-9H2,(H,14,16). The first kappa shape index (κ1) is 14.8. The van der Waals surface area contributed by atoms with Crippen LogP contribution in [-0.4, -0.2) is 43.6 Å². The zero-order chi connectivity index (χ0) is 13.9. The van der Waals surface area contributed by atoms with Crippen molar-refractivity contribution in [1.29, 1.82) is 0 Å². The van der Waals surface area contributed by atoms with Crippen LogP contribution >= 0.6 is 0 Å². The van der Waals surface area contributed by atoms with Gasteiger partial charge in [0.2, 0.25) is 5.91 Å². The molecule has 1 amide bonds. The van der Waals surface area contributed by atoms with E-state index in [0.29, 0.717) is 25.3 Å². The van der Waals surface area contributed by atoms with Crippen molar-refractivity contribution in [2.24, 2.45) is 11.8 Å². The lowest BCUT2D eigenvalue weighted by atomic mass is 9.87. The highest BCUT2D eigenvalue weighted by molar-refractivity contribution is 7.91. The lowest BCUT2D eigenvalue weighted by Gasteiger charge is -2.25. The minimum atomic E-state index is -2.89. The molecule has 0 aromatic heterocycles. The number of nitrogens with one attached hydrogen (secondary N) is 1. The predicted octanol–water partition coefficient (Wildman–Crippen LogP) is 0.478. The molecule has 2 rings (SSSR count). The van der Waals surface area contributed by atoms with E-state index in [1.807, 2.05) is 0 Å². The zero-order valence-corrected chi connectivity index (χ0v) is 12.0. The lowest BCUT2D eigenvalue weighted by Crippen LogP contribution is -2.33. The van der Waals surface area contributed by atoms with Gasteiger partial charge in [0, 0.05) is 13.0 Å². The molecule has 0 aromatic carbocycles. The van der Waals surface area contributed by atoms with Gasteiger partial charge in [0.05, 0.1) is 17.6 Å². The van der Waals surface area contributed by atoms with Crippen LogP contribution in [0.2, 0.25) is 0 Å². The molecule has 5 nitrogen and oxygen atoms in total. The molecular formula is C13H23NO4S. The van der Waals surface area contributed by atoms with Gasteiger partial charge in [-0.2, -0.15) is 0 Å². The predicted molar refractivity (Wildman–Crippen MR) is 72.4 cm³/mol. The number of rotatable bonds is 4. The van der Waals surface area contributed by atoms with Crippen molar-refractivity contribution in [3.63, 3.8) is 0 Å². The molecule has 0 spiro atoms. The first-order valence-corrected chi connectivity index (χ1v) is 8.92. The smallest absolute Gasteiger partial charge is 0.220 e. The maximum atomic E-state index is 11.8. The summed E-state index contributed by atoms with van der Waals surface area (Å²) >= 11 is 0. The molecule has 2 fully saturated rings. The minimum absolute atomic E-state index is 0.00169. The molecule has 1 aliphatic heterocycles. The summed E-state index contributed by atoms with van der Waals surface area (Å²) in [5.41, 5.74) is 0. The zero-order valence-electron chi connectivity index (χ0n) is 11.2. The molecule has 1 aliphatic carbocycles. The molecular weight excluding hydrogens is 266 g/mol. The number of sulfone groups is 1. The number of hydrogen-bond acceptors (Lipinski definition) is 4. The molecule has 0 aromatic rings. The van der Waals surface area contributed by atoms with Crippen LogP contribution in [0.1, 0.15) is 38.5 Å². The van der Waals surface area contributed by atoms with Gasteiger partial charge in [0.25, 0.3) is 0 Å². The number of amides is 1. The Morgan fingerprint density at radius 3 is 2.37 bits per heavy atom. The van der Waals surface area contributed by atoms with E-state index in [0.717, 1.165) is 25.7 Å². The van der Waals surface area contributed by atoms with Gasteiger partial charge in [-0.1, -0.05) is 0 Å². The molecule has 19 heavy (non-hydrogen) atoms. The second-order valence-corrected chi connectivity index (χ2v) is 8.18. The maximum absolute atomic E-state index is 11.8. The van der Waals surface area contributed by atoms with Gasteiger partial charge < -0.3 is 10.4 Å². The van der Waals surface area contributed by atoms with Crippen LogP contribution in [0.5, 0.6) is 0 Å². The van der Waals surface area contributed by atoms with E-state index < -0.39 is 9.84 Å². The van der Waals surface area contributed by atoms with Crippen LogP contribution in [0.25, 0.3) is 0 Å². The summed E-state index contributed by atoms with van der Waals surface area (Å²) in [6, 6.07) is 0. The topological polar surface area (TPSA) is 83.5 Å². The molecule has 1 heterocycles. The molecule has 0 radical (unpaired) electrons. The van der Waals surface area contributed by atoms with Gasteiger partial charge in [-0.05, 0) is 43.9 Å². The second-order valence-electron chi connectivity index (χ2n) is 5.95. The van der Waals surface area contributed by atoms with Gasteiger partial charge in [0.15, 0.2) is 9.84 Å². The largest absolute Gasteiger partial charge is 0.393 e. The summed E-state index contributed by atoms with van der Waals surface area (Å²) < 4.78 is 22.6. The Hall–Kier alpha value is -0.620. The fraction of sp³-hybridized carbons (Fsp3) is 0.923. The van der Waals surface area contributed by atoms with Crippen LogP contribution in [0, 0.1) is 11.8 Å². The first-order valence-electron chi connectivity index (χ1n) is 7.10. The van der Waals surface area contributed by atoms with Gasteiger partial charge in [-0.15, -0.1) is 0 Å². The van der Waals surface area contributed by atoms with Gasteiger partial charge in [-0.3, -0.25) is 4.79 Å². The van der Waals surface area contributed by atoms with Crippen molar-refractivity contribution < 1.29 is 18.3 Å². The molecule has 1 atom stereocenters. The van der Waals surface area contributed by atoms with E-state index in [-0.39, 0.29) is 29.4 Å². The molecule has 0 bridgehead atoms. The van der Waals surface area contributed by atoms with Crippen LogP contribution < -0.4 is 5.32 Å². The van der Waals surface area contributed by atoms with E-state index in [9.17, 15) is 18.3 Å². The molecule has 6 heteroatoms. The highest BCUT2D eigenvalue weighted by Crippen LogP contribution is 2.24. The van der Waals surface area contributed by atoms with E-state index in [1.165, 1.54) is 0 Å². The van der Waals surface area contributed by atoms with E-state index in [4.69, 9.17) is 0 Å². The Labute approximate surface area is 114 Å². The van der Waals surface area contributed by atoms with Crippen molar-refractivity contribution in [3.8, 4) is 0 Å². The molecule has 110 valence electrons. The number of aliphatic hydroxyl groups is 1. The third kappa shape index (κ3) is 4.76. The van der Waals surface area contributed by atoms with Crippen LogP contribution in [0.3, 0.4) is 0 Å². The summed E-state index contributed by atoms with van der Waals surface area (Å²) in [6.07, 6.45) is 4.33. The van der Waals surface area contributed by atoms with Gasteiger partial charge in [0.1, 0.15) is 0 Å². The van der Waals surface area contributed by atoms with Crippen molar-refractivity contribution in [1.82, 2.24) is 5.32 Å². The summed E-state index contributed by atoms with van der Waals surface area (Å²) in [5.74, 6) is 0.813. The SMILES string of the molecule is O=C(CC1CCS(=O)(=O)C1)NCC1CCC(O)CC1. The number of carbonyl (C=O) groups is 1. The van der Waals surface area contributed by atoms with Crippen molar-refractivity contribution in [3.05, 3.63) is 0 Å². The lowest BCUT2D eigenvalue weighted by molar-refractivity contribution is -0.122. The van der Waals surface area contributed by atoms with Crippen molar-refractivity contribution >= 4 is 15.7 Å². The summed E-state index contributed by atoms with van der Waals surface area (Å²) in [7, 11) is -2.89. The summed E-state index contributed by atoms with van der Waals surface area (Å²) in [5, 5.41) is 12.3. The highest BCUT2D eigenvalue weighted by atomic mass is 32.2. The van der Waals surface area contributed by atoms with Crippen molar-refractivity contribution in [2.45, 2.75) is 44.6 Å². The average Bonchev–Trinajstić information content (AvgIpc) is 2.68. The van der Waals surface area contributed by atoms with Gasteiger partial charge >= 0.3 is 0 Å². The molecule has 2 N–H and O–H groups in total. The van der Waals surface area contributed by atoms with Crippen LogP contribution in [0.15, 0.2) is 0 Å². The molecule has 1 saturated heterocycles. The molecule has 1 unspecified atom stereocenters. The first-order chi connectivity index (χ1) is 8.94. The maximum Gasteiger partial charge on any atom is 0.220 e. The van der Waals surface area contributed by atoms with Crippen LogP contribution in [-0.2, 0) is 14.6 Å². The number of aliphatic hydroxyl groups excluding tert-OH is 1. The Kier molecular flexibility index (Phi) is 4.84. The average molecular weight is 289 g/mol. The Morgan fingerprint density at radius 1 is 1.11 bits per heavy atom. The fourth-order valence-electron chi connectivity index (χ4n) is 2.97. The van der Waals surface area contributed by atoms with E-state index >= 15 is 0 Å². The highest BCUT2D eigenvalue weighted by Gasteiger charge is 2.29. The molecule has 2 aliphatic rings. The van der Waals surface area contributed by atoms with Gasteiger partial charge in [-0.25, -0.2) is 8.42 Å². The Bertz CT molecular complexity index is 412. The summed E-state index contributed by atoms with van der Waals surface area (Å²) in [4.78, 5) is 11.8. The third-order valence-electron chi connectivity index (χ3n) is 4.20.